The smallest absolute Gasteiger partial charge is 0.478 e. The number of carboxylic acid groups (broad SMARTS) is 1. The fourth-order valence-corrected chi connectivity index (χ4v) is 0.348. The Bertz CT molecular complexity index is 409. The van der Waals surface area contributed by atoms with Crippen LogP contribution in [0.5, 0.6) is 0 Å². The molecule has 0 spiro atoms. The van der Waals surface area contributed by atoms with Crippen LogP contribution in [0.25, 0.3) is 0 Å². The van der Waals surface area contributed by atoms with Gasteiger partial charge < -0.3 is 20.1 Å². The molecule has 0 heterocycles. The van der Waals surface area contributed by atoms with Crippen molar-refractivity contribution < 1.29 is 48.2 Å². The third kappa shape index (κ3) is 31.0. The van der Waals surface area contributed by atoms with Crippen molar-refractivity contribution in [2.45, 2.75) is 20.0 Å². The Hall–Kier alpha value is -1.58. The first-order valence-electron chi connectivity index (χ1n) is 5.47. The number of ether oxygens (including phenoxy) is 1. The van der Waals surface area contributed by atoms with Crippen molar-refractivity contribution in [1.82, 2.24) is 0 Å². The summed E-state index contributed by atoms with van der Waals surface area (Å²) in [6, 6.07) is 0. The molecule has 0 aromatic rings. The van der Waals surface area contributed by atoms with Crippen molar-refractivity contribution in [3.05, 3.63) is 24.3 Å². The maximum absolute atomic E-state index is 10.6. The maximum atomic E-state index is 10.6. The van der Waals surface area contributed by atoms with Crippen molar-refractivity contribution in [2.75, 3.05) is 13.2 Å². The van der Waals surface area contributed by atoms with E-state index in [0.29, 0.717) is 0 Å². The first kappa shape index (κ1) is 25.4. The summed E-state index contributed by atoms with van der Waals surface area (Å²) in [4.78, 5) is 34.2. The minimum Gasteiger partial charge on any atom is -0.478 e. The Morgan fingerprint density at radius 1 is 1.23 bits per heavy atom. The molecule has 0 aliphatic heterocycles. The molecule has 1 unspecified atom stereocenters. The van der Waals surface area contributed by atoms with Crippen molar-refractivity contribution >= 4 is 19.8 Å². The van der Waals surface area contributed by atoms with E-state index in [1.165, 1.54) is 13.8 Å². The monoisotopic (exact) mass is 346 g/mol. The van der Waals surface area contributed by atoms with Gasteiger partial charge >= 0.3 is 19.8 Å². The summed E-state index contributed by atoms with van der Waals surface area (Å²) in [5.41, 5.74) is 0.449. The van der Waals surface area contributed by atoms with Crippen molar-refractivity contribution in [3.8, 4) is 0 Å². The molecule has 0 fully saturated rings. The van der Waals surface area contributed by atoms with Gasteiger partial charge in [-0.05, 0) is 13.8 Å². The first-order valence-corrected chi connectivity index (χ1v) is 6.98. The lowest BCUT2D eigenvalue weighted by Crippen LogP contribution is -2.22. The standard InChI is InChI=1S/C7H12O4.C4H6O2.FH2O3P/c1-5(2)7(10)11-4-6(9)3-8;1-3(2)4(5)6;1-5(2,3)4/h6,8-9H,1,3-4H2,2H3;1H2,2H3,(H,5,6);(H2,2,3,4). The Morgan fingerprint density at radius 2 is 1.55 bits per heavy atom. The van der Waals surface area contributed by atoms with E-state index in [2.05, 4.69) is 17.9 Å². The molecule has 0 rings (SSSR count). The van der Waals surface area contributed by atoms with Crippen LogP contribution in [-0.2, 0) is 18.9 Å². The number of aliphatic hydroxyl groups excluding tert-OH is 2. The molecule has 22 heavy (non-hydrogen) atoms. The lowest BCUT2D eigenvalue weighted by Gasteiger charge is -2.07. The highest BCUT2D eigenvalue weighted by molar-refractivity contribution is 7.45. The van der Waals surface area contributed by atoms with Gasteiger partial charge in [0.2, 0.25) is 0 Å². The second kappa shape index (κ2) is 13.1. The third-order valence-electron chi connectivity index (χ3n) is 1.33. The Morgan fingerprint density at radius 3 is 1.73 bits per heavy atom. The highest BCUT2D eigenvalue weighted by atomic mass is 31.2. The van der Waals surface area contributed by atoms with Gasteiger partial charge in [-0.1, -0.05) is 13.2 Å². The molecule has 0 saturated carbocycles. The molecular weight excluding hydrogens is 326 g/mol. The van der Waals surface area contributed by atoms with E-state index in [1.54, 1.807) is 0 Å². The zero-order chi connectivity index (χ0) is 18.5. The van der Waals surface area contributed by atoms with Gasteiger partial charge in [0.15, 0.2) is 0 Å². The van der Waals surface area contributed by atoms with Crippen molar-refractivity contribution in [2.24, 2.45) is 0 Å². The summed E-state index contributed by atoms with van der Waals surface area (Å²) in [5, 5.41) is 24.9. The highest BCUT2D eigenvalue weighted by Gasteiger charge is 2.07. The summed E-state index contributed by atoms with van der Waals surface area (Å²) in [5.74, 6) is -1.49. The first-order chi connectivity index (χ1) is 9.72. The zero-order valence-electron chi connectivity index (χ0n) is 12.1. The van der Waals surface area contributed by atoms with Gasteiger partial charge in [-0.15, -0.1) is 4.20 Å². The largest absolute Gasteiger partial charge is 0.507 e. The predicted octanol–water partition coefficient (Wildman–Crippen LogP) is 0.155. The zero-order valence-corrected chi connectivity index (χ0v) is 13.0. The topological polar surface area (TPSA) is 162 Å². The summed E-state index contributed by atoms with van der Waals surface area (Å²) in [7, 11) is -5.14. The molecule has 1 atom stereocenters. The summed E-state index contributed by atoms with van der Waals surface area (Å²) >= 11 is 0. The van der Waals surface area contributed by atoms with E-state index in [-0.39, 0.29) is 17.8 Å². The Labute approximate surface area is 126 Å². The number of rotatable bonds is 5. The Kier molecular flexibility index (Phi) is 15.1. The van der Waals surface area contributed by atoms with Crippen LogP contribution in [0.3, 0.4) is 0 Å². The summed E-state index contributed by atoms with van der Waals surface area (Å²) in [6.07, 6.45) is -1.00. The van der Waals surface area contributed by atoms with Gasteiger partial charge in [-0.25, -0.2) is 14.2 Å². The molecule has 130 valence electrons. The van der Waals surface area contributed by atoms with Crippen LogP contribution in [0.4, 0.5) is 4.20 Å². The van der Waals surface area contributed by atoms with Gasteiger partial charge in [-0.3, -0.25) is 9.79 Å². The summed E-state index contributed by atoms with van der Waals surface area (Å²) in [6.45, 7) is 8.84. The van der Waals surface area contributed by atoms with Gasteiger partial charge in [0.05, 0.1) is 6.61 Å². The third-order valence-corrected chi connectivity index (χ3v) is 1.33. The number of esters is 1. The molecule has 9 nitrogen and oxygen atoms in total. The average molecular weight is 346 g/mol. The highest BCUT2D eigenvalue weighted by Crippen LogP contribution is 2.34. The molecular formula is C11H20FO9P. The van der Waals surface area contributed by atoms with E-state index < -0.39 is 32.6 Å². The lowest BCUT2D eigenvalue weighted by molar-refractivity contribution is -0.142. The molecule has 0 aromatic heterocycles. The maximum Gasteiger partial charge on any atom is 0.507 e. The van der Waals surface area contributed by atoms with E-state index in [9.17, 15) is 13.8 Å². The van der Waals surface area contributed by atoms with Crippen LogP contribution in [-0.4, -0.2) is 56.4 Å². The number of carboxylic acids is 1. The second-order valence-electron chi connectivity index (χ2n) is 3.77. The van der Waals surface area contributed by atoms with Gasteiger partial charge in [0.1, 0.15) is 12.7 Å². The van der Waals surface area contributed by atoms with E-state index >= 15 is 0 Å². The van der Waals surface area contributed by atoms with E-state index in [1.807, 2.05) is 0 Å². The fraction of sp³-hybridized carbons (Fsp3) is 0.455. The normalized spacial score (nSPS) is 10.9. The number of halogens is 1. The van der Waals surface area contributed by atoms with Crippen LogP contribution in [0.1, 0.15) is 13.8 Å². The minimum atomic E-state index is -5.14. The van der Waals surface area contributed by atoms with Crippen molar-refractivity contribution in [3.63, 3.8) is 0 Å². The van der Waals surface area contributed by atoms with E-state index in [4.69, 9.17) is 29.7 Å². The number of hydrogen-bond acceptors (Lipinski definition) is 6. The van der Waals surface area contributed by atoms with Crippen LogP contribution >= 0.6 is 7.91 Å². The average Bonchev–Trinajstić information content (AvgIpc) is 2.33. The van der Waals surface area contributed by atoms with Crippen LogP contribution in [0, 0.1) is 0 Å². The second-order valence-corrected chi connectivity index (χ2v) is 4.72. The van der Waals surface area contributed by atoms with Gasteiger partial charge in [-0.2, -0.15) is 0 Å². The molecule has 0 radical (unpaired) electrons. The van der Waals surface area contributed by atoms with Crippen LogP contribution < -0.4 is 0 Å². The number of aliphatic hydroxyl groups is 2. The lowest BCUT2D eigenvalue weighted by atomic mass is 10.3. The predicted molar refractivity (Wildman–Crippen MR) is 74.5 cm³/mol. The number of carbonyl (C=O) groups excluding carboxylic acids is 1. The molecule has 0 aromatic carbocycles. The van der Waals surface area contributed by atoms with Gasteiger partial charge in [0.25, 0.3) is 0 Å². The SMILES string of the molecule is C=C(C)C(=O)O.C=C(C)C(=O)OCC(O)CO.O=P(O)(O)F. The van der Waals surface area contributed by atoms with Gasteiger partial charge in [0, 0.05) is 11.1 Å². The molecule has 5 N–H and O–H groups in total. The summed E-state index contributed by atoms with van der Waals surface area (Å²) < 4.78 is 23.5. The molecule has 0 aliphatic carbocycles. The molecule has 0 aliphatic rings. The van der Waals surface area contributed by atoms with Crippen molar-refractivity contribution in [1.29, 1.82) is 0 Å². The van der Waals surface area contributed by atoms with Crippen LogP contribution in [0.2, 0.25) is 0 Å². The fourth-order valence-electron chi connectivity index (χ4n) is 0.348. The number of hydrogen-bond donors (Lipinski definition) is 5. The molecule has 0 bridgehead atoms. The molecule has 0 amide bonds. The molecule has 11 heteroatoms. The number of carbonyl (C=O) groups is 2. The Balaban J connectivity index is -0.000000277. The molecule has 0 saturated heterocycles. The van der Waals surface area contributed by atoms with Crippen LogP contribution in [0.15, 0.2) is 24.3 Å². The van der Waals surface area contributed by atoms with E-state index in [0.717, 1.165) is 0 Å². The number of aliphatic carboxylic acids is 1. The quantitative estimate of drug-likeness (QED) is 0.265. The minimum absolute atomic E-state index is 0.176.